The van der Waals surface area contributed by atoms with Gasteiger partial charge in [-0.05, 0) is 57.3 Å². The van der Waals surface area contributed by atoms with E-state index in [0.717, 1.165) is 57.2 Å². The van der Waals surface area contributed by atoms with Crippen LogP contribution >= 0.6 is 0 Å². The predicted molar refractivity (Wildman–Crippen MR) is 170 cm³/mol. The fourth-order valence-electron chi connectivity index (χ4n) is 6.64. The Kier molecular flexibility index (Phi) is 4.73. The third kappa shape index (κ3) is 3.39. The number of rotatable bonds is 2. The van der Waals surface area contributed by atoms with Gasteiger partial charge in [-0.25, -0.2) is 4.98 Å². The molecule has 2 aromatic heterocycles. The summed E-state index contributed by atoms with van der Waals surface area (Å²) in [5.41, 5.74) is 8.56. The van der Waals surface area contributed by atoms with Crippen LogP contribution in [0.4, 0.5) is 0 Å². The van der Waals surface area contributed by atoms with Gasteiger partial charge in [0.05, 0.1) is 22.9 Å². The number of fused-ring (bicyclic) bond motifs is 11. The maximum atomic E-state index is 6.32. The minimum atomic E-state index is 0.886. The Hall–Kier alpha value is -5.28. The van der Waals surface area contributed by atoms with E-state index in [1.54, 1.807) is 0 Å². The molecule has 0 amide bonds. The van der Waals surface area contributed by atoms with Gasteiger partial charge in [0.2, 0.25) is 0 Å². The van der Waals surface area contributed by atoms with Gasteiger partial charge in [-0.3, -0.25) is 4.98 Å². The molecule has 6 aromatic carbocycles. The summed E-state index contributed by atoms with van der Waals surface area (Å²) >= 11 is 0. The van der Waals surface area contributed by atoms with E-state index >= 15 is 0 Å². The van der Waals surface area contributed by atoms with Gasteiger partial charge < -0.3 is 4.42 Å². The number of allylic oxidation sites excluding steroid dienone is 1. The Morgan fingerprint density at radius 2 is 1.29 bits per heavy atom. The smallest absolute Gasteiger partial charge is 0.135 e. The van der Waals surface area contributed by atoms with Crippen molar-refractivity contribution in [3.8, 4) is 11.3 Å². The number of furan rings is 1. The van der Waals surface area contributed by atoms with Crippen molar-refractivity contribution in [2.24, 2.45) is 0 Å². The Labute approximate surface area is 236 Å². The average Bonchev–Trinajstić information content (AvgIpc) is 3.43. The van der Waals surface area contributed by atoms with Crippen LogP contribution in [0.3, 0.4) is 0 Å². The predicted octanol–water partition coefficient (Wildman–Crippen LogP) is 9.99. The second-order valence-corrected chi connectivity index (χ2v) is 10.9. The van der Waals surface area contributed by atoms with E-state index in [9.17, 15) is 0 Å². The summed E-state index contributed by atoms with van der Waals surface area (Å²) in [6.45, 7) is 0. The molecule has 0 radical (unpaired) electrons. The SMILES string of the molecule is C1=C(c2cccc(-c3cnc4c5ccccc5c5ccccc5c4n3)c2)CCc2oc3ccc4ccccc4c3c21. The Morgan fingerprint density at radius 1 is 0.585 bits per heavy atom. The molecule has 8 aromatic rings. The number of hydrogen-bond acceptors (Lipinski definition) is 3. The molecule has 0 fully saturated rings. The van der Waals surface area contributed by atoms with Crippen LogP contribution in [-0.2, 0) is 6.42 Å². The third-order valence-corrected chi connectivity index (χ3v) is 8.59. The topological polar surface area (TPSA) is 38.9 Å². The number of aryl methyl sites for hydroxylation is 1. The van der Waals surface area contributed by atoms with Crippen LogP contribution < -0.4 is 0 Å². The molecule has 2 heterocycles. The Balaban J connectivity index is 1.20. The molecule has 0 saturated heterocycles. The molecule has 41 heavy (non-hydrogen) atoms. The van der Waals surface area contributed by atoms with Crippen molar-refractivity contribution in [1.29, 1.82) is 0 Å². The first kappa shape index (κ1) is 22.5. The van der Waals surface area contributed by atoms with Crippen LogP contribution in [0.15, 0.2) is 120 Å². The summed E-state index contributed by atoms with van der Waals surface area (Å²) in [7, 11) is 0. The fourth-order valence-corrected chi connectivity index (χ4v) is 6.64. The van der Waals surface area contributed by atoms with Crippen molar-refractivity contribution in [3.05, 3.63) is 132 Å². The van der Waals surface area contributed by atoms with Crippen molar-refractivity contribution in [1.82, 2.24) is 9.97 Å². The van der Waals surface area contributed by atoms with Crippen LogP contribution in [0, 0.1) is 0 Å². The minimum Gasteiger partial charge on any atom is -0.460 e. The highest BCUT2D eigenvalue weighted by Crippen LogP contribution is 2.40. The van der Waals surface area contributed by atoms with E-state index < -0.39 is 0 Å². The summed E-state index contributed by atoms with van der Waals surface area (Å²) in [6, 6.07) is 38.5. The molecule has 0 aliphatic heterocycles. The molecule has 0 saturated carbocycles. The molecule has 0 N–H and O–H groups in total. The quantitative estimate of drug-likeness (QED) is 0.211. The lowest BCUT2D eigenvalue weighted by atomic mass is 9.90. The van der Waals surface area contributed by atoms with Gasteiger partial charge in [0.1, 0.15) is 11.3 Å². The first-order valence-corrected chi connectivity index (χ1v) is 14.1. The number of hydrogen-bond donors (Lipinski definition) is 0. The van der Waals surface area contributed by atoms with E-state index in [1.807, 2.05) is 6.20 Å². The Morgan fingerprint density at radius 3 is 2.12 bits per heavy atom. The molecule has 0 atom stereocenters. The standard InChI is InChI=1S/C38H24N2O/c1-2-11-27-23(8-1)16-19-35-36(27)32-21-25(17-18-34(32)41-35)24-9-7-10-26(20-24)33-22-39-37-30-14-5-3-12-28(30)29-13-4-6-15-31(29)38(37)40-33/h1-16,19-22H,17-18H2. The van der Waals surface area contributed by atoms with Crippen molar-refractivity contribution in [2.45, 2.75) is 12.8 Å². The first-order valence-electron chi connectivity index (χ1n) is 14.1. The largest absolute Gasteiger partial charge is 0.460 e. The highest BCUT2D eigenvalue weighted by atomic mass is 16.3. The zero-order chi connectivity index (χ0) is 26.9. The van der Waals surface area contributed by atoms with Crippen molar-refractivity contribution in [2.75, 3.05) is 0 Å². The van der Waals surface area contributed by atoms with Crippen molar-refractivity contribution >= 4 is 66.0 Å². The summed E-state index contributed by atoms with van der Waals surface area (Å²) in [4.78, 5) is 10.2. The normalized spacial score (nSPS) is 13.3. The van der Waals surface area contributed by atoms with E-state index in [2.05, 4.69) is 115 Å². The van der Waals surface area contributed by atoms with E-state index in [0.29, 0.717) is 0 Å². The second kappa shape index (κ2) is 8.61. The fraction of sp³-hybridized carbons (Fsp3) is 0.0526. The van der Waals surface area contributed by atoms with E-state index in [1.165, 1.54) is 43.6 Å². The van der Waals surface area contributed by atoms with Crippen LogP contribution in [0.1, 0.15) is 23.3 Å². The summed E-state index contributed by atoms with van der Waals surface area (Å²) in [5, 5.41) is 8.38. The van der Waals surface area contributed by atoms with Gasteiger partial charge in [0.15, 0.2) is 0 Å². The molecule has 1 aliphatic rings. The monoisotopic (exact) mass is 524 g/mol. The Bertz CT molecular complexity index is 2340. The second-order valence-electron chi connectivity index (χ2n) is 10.9. The van der Waals surface area contributed by atoms with Crippen LogP contribution in [0.5, 0.6) is 0 Å². The van der Waals surface area contributed by atoms with Crippen molar-refractivity contribution in [3.63, 3.8) is 0 Å². The summed E-state index contributed by atoms with van der Waals surface area (Å²) in [5.74, 6) is 1.08. The maximum absolute atomic E-state index is 6.32. The number of benzene rings is 6. The molecule has 0 bridgehead atoms. The van der Waals surface area contributed by atoms with Gasteiger partial charge in [-0.15, -0.1) is 0 Å². The molecular weight excluding hydrogens is 500 g/mol. The molecule has 3 nitrogen and oxygen atoms in total. The zero-order valence-corrected chi connectivity index (χ0v) is 22.3. The highest BCUT2D eigenvalue weighted by Gasteiger charge is 2.21. The molecular formula is C38H24N2O. The molecule has 3 heteroatoms. The zero-order valence-electron chi connectivity index (χ0n) is 22.3. The lowest BCUT2D eigenvalue weighted by Crippen LogP contribution is -1.97. The molecule has 0 unspecified atom stereocenters. The third-order valence-electron chi connectivity index (χ3n) is 8.59. The summed E-state index contributed by atoms with van der Waals surface area (Å²) in [6.07, 6.45) is 6.09. The van der Waals surface area contributed by atoms with Gasteiger partial charge in [-0.2, -0.15) is 0 Å². The molecule has 1 aliphatic carbocycles. The minimum absolute atomic E-state index is 0.886. The van der Waals surface area contributed by atoms with Crippen LogP contribution in [-0.4, -0.2) is 9.97 Å². The molecule has 9 rings (SSSR count). The molecule has 192 valence electrons. The highest BCUT2D eigenvalue weighted by molar-refractivity contribution is 6.23. The molecule has 0 spiro atoms. The van der Waals surface area contributed by atoms with Crippen molar-refractivity contribution < 1.29 is 4.42 Å². The van der Waals surface area contributed by atoms with Gasteiger partial charge in [-0.1, -0.05) is 97.1 Å². The van der Waals surface area contributed by atoms with Crippen LogP contribution in [0.25, 0.3) is 77.2 Å². The average molecular weight is 525 g/mol. The lowest BCUT2D eigenvalue weighted by molar-refractivity contribution is 0.548. The van der Waals surface area contributed by atoms with E-state index in [4.69, 9.17) is 14.4 Å². The lowest BCUT2D eigenvalue weighted by Gasteiger charge is -2.15. The first-order chi connectivity index (χ1) is 20.3. The summed E-state index contributed by atoms with van der Waals surface area (Å²) < 4.78 is 6.32. The van der Waals surface area contributed by atoms with Crippen LogP contribution in [0.2, 0.25) is 0 Å². The number of nitrogens with zero attached hydrogens (tertiary/aromatic N) is 2. The van der Waals surface area contributed by atoms with Gasteiger partial charge >= 0.3 is 0 Å². The van der Waals surface area contributed by atoms with Gasteiger partial charge in [0.25, 0.3) is 0 Å². The number of aromatic nitrogens is 2. The maximum Gasteiger partial charge on any atom is 0.135 e. The van der Waals surface area contributed by atoms with Gasteiger partial charge in [0, 0.05) is 33.7 Å². The van der Waals surface area contributed by atoms with E-state index in [-0.39, 0.29) is 0 Å².